The second kappa shape index (κ2) is 6.22. The molecule has 5 nitrogen and oxygen atoms in total. The van der Waals surface area contributed by atoms with Crippen LogP contribution in [-0.2, 0) is 11.2 Å². The van der Waals surface area contributed by atoms with Gasteiger partial charge < -0.3 is 4.74 Å². The van der Waals surface area contributed by atoms with Crippen LogP contribution in [0.25, 0.3) is 5.82 Å². The second-order valence-electron chi connectivity index (χ2n) is 4.74. The van der Waals surface area contributed by atoms with Crippen molar-refractivity contribution in [2.75, 3.05) is 7.11 Å². The summed E-state index contributed by atoms with van der Waals surface area (Å²) in [6.45, 7) is 0. The van der Waals surface area contributed by atoms with Crippen LogP contribution in [0.4, 0.5) is 0 Å². The number of benzene rings is 1. The van der Waals surface area contributed by atoms with E-state index in [4.69, 9.17) is 4.74 Å². The molecule has 22 heavy (non-hydrogen) atoms. The average Bonchev–Trinajstić information content (AvgIpc) is 2.99. The number of methoxy groups -OCH3 is 1. The van der Waals surface area contributed by atoms with E-state index in [1.165, 1.54) is 13.3 Å². The van der Waals surface area contributed by atoms with Crippen molar-refractivity contribution < 1.29 is 9.53 Å². The van der Waals surface area contributed by atoms with Crippen LogP contribution in [0.5, 0.6) is 0 Å². The molecular formula is C17H15N3O2. The number of ether oxygens (including phenoxy) is 1. The number of esters is 1. The predicted octanol–water partition coefficient (Wildman–Crippen LogP) is 2.64. The number of aromatic nitrogens is 3. The van der Waals surface area contributed by atoms with E-state index in [1.807, 2.05) is 48.5 Å². The molecule has 110 valence electrons. The van der Waals surface area contributed by atoms with E-state index in [9.17, 15) is 4.79 Å². The lowest BCUT2D eigenvalue weighted by Crippen LogP contribution is -2.12. The van der Waals surface area contributed by atoms with Crippen molar-refractivity contribution in [2.24, 2.45) is 0 Å². The van der Waals surface area contributed by atoms with Gasteiger partial charge in [0.1, 0.15) is 11.6 Å². The Morgan fingerprint density at radius 1 is 1.09 bits per heavy atom. The monoisotopic (exact) mass is 293 g/mol. The van der Waals surface area contributed by atoms with Gasteiger partial charge in [0.2, 0.25) is 0 Å². The molecule has 0 saturated heterocycles. The van der Waals surface area contributed by atoms with Crippen molar-refractivity contribution in [3.63, 3.8) is 0 Å². The number of rotatable bonds is 4. The van der Waals surface area contributed by atoms with Gasteiger partial charge in [-0.25, -0.2) is 14.8 Å². The van der Waals surface area contributed by atoms with Crippen LogP contribution in [0.15, 0.2) is 60.9 Å². The number of carbonyl (C=O) groups excluding carboxylic acids is 1. The summed E-state index contributed by atoms with van der Waals surface area (Å²) in [6, 6.07) is 15.5. The van der Waals surface area contributed by atoms with Crippen LogP contribution in [0, 0.1) is 0 Å². The number of pyridine rings is 1. The summed E-state index contributed by atoms with van der Waals surface area (Å²) in [5.41, 5.74) is 1.48. The van der Waals surface area contributed by atoms with E-state index in [2.05, 4.69) is 9.97 Å². The lowest BCUT2D eigenvalue weighted by molar-refractivity contribution is 0.0591. The molecule has 2 heterocycles. The van der Waals surface area contributed by atoms with E-state index in [1.54, 1.807) is 10.8 Å². The molecule has 0 aliphatic rings. The van der Waals surface area contributed by atoms with Crippen molar-refractivity contribution in [3.05, 3.63) is 78.0 Å². The smallest absolute Gasteiger partial charge is 0.356 e. The molecule has 3 rings (SSSR count). The number of nitrogens with zero attached hydrogens (tertiary/aromatic N) is 3. The van der Waals surface area contributed by atoms with Crippen LogP contribution in [0.3, 0.4) is 0 Å². The molecule has 0 amide bonds. The summed E-state index contributed by atoms with van der Waals surface area (Å²) < 4.78 is 6.57. The summed E-state index contributed by atoms with van der Waals surface area (Å²) in [4.78, 5) is 20.7. The minimum atomic E-state index is -0.433. The largest absolute Gasteiger partial charge is 0.464 e. The van der Waals surface area contributed by atoms with E-state index in [0.717, 1.165) is 11.4 Å². The van der Waals surface area contributed by atoms with Gasteiger partial charge in [-0.2, -0.15) is 0 Å². The van der Waals surface area contributed by atoms with Gasteiger partial charge in [-0.3, -0.25) is 4.57 Å². The Bertz CT molecular complexity index is 767. The summed E-state index contributed by atoms with van der Waals surface area (Å²) in [5.74, 6) is 0.953. The molecule has 5 heteroatoms. The fourth-order valence-electron chi connectivity index (χ4n) is 2.28. The standard InChI is InChI=1S/C17H15N3O2/c1-22-17(21)14-12-19-16(11-13-7-3-2-4-8-13)20(14)15-9-5-6-10-18-15/h2-10,12H,11H2,1H3. The zero-order valence-electron chi connectivity index (χ0n) is 12.1. The highest BCUT2D eigenvalue weighted by atomic mass is 16.5. The Balaban J connectivity index is 2.07. The SMILES string of the molecule is COC(=O)c1cnc(Cc2ccccc2)n1-c1ccccn1. The Morgan fingerprint density at radius 2 is 1.86 bits per heavy atom. The van der Waals surface area contributed by atoms with Gasteiger partial charge in [0.05, 0.1) is 13.3 Å². The number of hydrogen-bond donors (Lipinski definition) is 0. The normalized spacial score (nSPS) is 10.4. The molecule has 0 saturated carbocycles. The molecule has 0 spiro atoms. The van der Waals surface area contributed by atoms with Crippen LogP contribution in [0.1, 0.15) is 21.9 Å². The third-order valence-electron chi connectivity index (χ3n) is 3.31. The second-order valence-corrected chi connectivity index (χ2v) is 4.74. The first-order valence-corrected chi connectivity index (χ1v) is 6.90. The van der Waals surface area contributed by atoms with E-state index in [0.29, 0.717) is 17.9 Å². The fourth-order valence-corrected chi connectivity index (χ4v) is 2.28. The molecule has 0 aliphatic heterocycles. The lowest BCUT2D eigenvalue weighted by Gasteiger charge is -2.10. The van der Waals surface area contributed by atoms with E-state index < -0.39 is 5.97 Å². The fraction of sp³-hybridized carbons (Fsp3) is 0.118. The zero-order valence-corrected chi connectivity index (χ0v) is 12.1. The van der Waals surface area contributed by atoms with Gasteiger partial charge in [0, 0.05) is 12.6 Å². The van der Waals surface area contributed by atoms with Crippen LogP contribution in [-0.4, -0.2) is 27.6 Å². The Labute approximate surface area is 128 Å². The first-order valence-electron chi connectivity index (χ1n) is 6.90. The molecule has 1 aromatic carbocycles. The van der Waals surface area contributed by atoms with Crippen LogP contribution < -0.4 is 0 Å². The number of hydrogen-bond acceptors (Lipinski definition) is 4. The summed E-state index contributed by atoms with van der Waals surface area (Å²) in [7, 11) is 1.36. The maximum atomic E-state index is 12.0. The zero-order chi connectivity index (χ0) is 15.4. The molecule has 0 N–H and O–H groups in total. The first kappa shape index (κ1) is 14.0. The number of carbonyl (C=O) groups is 1. The van der Waals surface area contributed by atoms with Crippen molar-refractivity contribution in [3.8, 4) is 5.82 Å². The lowest BCUT2D eigenvalue weighted by atomic mass is 10.1. The van der Waals surface area contributed by atoms with Gasteiger partial charge in [0.25, 0.3) is 0 Å². The van der Waals surface area contributed by atoms with E-state index in [-0.39, 0.29) is 0 Å². The third-order valence-corrected chi connectivity index (χ3v) is 3.31. The first-order chi connectivity index (χ1) is 10.8. The van der Waals surface area contributed by atoms with E-state index >= 15 is 0 Å². The van der Waals surface area contributed by atoms with Crippen molar-refractivity contribution in [2.45, 2.75) is 6.42 Å². The molecule has 0 unspecified atom stereocenters. The Kier molecular flexibility index (Phi) is 3.96. The van der Waals surface area contributed by atoms with Gasteiger partial charge in [0.15, 0.2) is 5.69 Å². The highest BCUT2D eigenvalue weighted by Crippen LogP contribution is 2.17. The van der Waals surface area contributed by atoms with Crippen molar-refractivity contribution >= 4 is 5.97 Å². The maximum Gasteiger partial charge on any atom is 0.356 e. The molecule has 3 aromatic rings. The summed E-state index contributed by atoms with van der Waals surface area (Å²) in [6.07, 6.45) is 3.82. The molecular weight excluding hydrogens is 278 g/mol. The Morgan fingerprint density at radius 3 is 2.55 bits per heavy atom. The highest BCUT2D eigenvalue weighted by Gasteiger charge is 2.19. The molecule has 2 aromatic heterocycles. The van der Waals surface area contributed by atoms with Gasteiger partial charge in [-0.1, -0.05) is 36.4 Å². The van der Waals surface area contributed by atoms with Gasteiger partial charge in [-0.15, -0.1) is 0 Å². The summed E-state index contributed by atoms with van der Waals surface area (Å²) >= 11 is 0. The van der Waals surface area contributed by atoms with Crippen molar-refractivity contribution in [1.82, 2.24) is 14.5 Å². The minimum Gasteiger partial charge on any atom is -0.464 e. The topological polar surface area (TPSA) is 57.0 Å². The molecule has 0 bridgehead atoms. The molecule has 0 atom stereocenters. The van der Waals surface area contributed by atoms with Gasteiger partial charge >= 0.3 is 5.97 Å². The predicted molar refractivity (Wildman–Crippen MR) is 81.9 cm³/mol. The molecule has 0 aliphatic carbocycles. The number of imidazole rings is 1. The van der Waals surface area contributed by atoms with Gasteiger partial charge in [-0.05, 0) is 17.7 Å². The average molecular weight is 293 g/mol. The minimum absolute atomic E-state index is 0.368. The van der Waals surface area contributed by atoms with Crippen LogP contribution in [0.2, 0.25) is 0 Å². The Hall–Kier alpha value is -2.95. The highest BCUT2D eigenvalue weighted by molar-refractivity contribution is 5.88. The molecule has 0 fully saturated rings. The summed E-state index contributed by atoms with van der Waals surface area (Å²) in [5, 5.41) is 0. The van der Waals surface area contributed by atoms with Crippen LogP contribution >= 0.6 is 0 Å². The third kappa shape index (κ3) is 2.74. The maximum absolute atomic E-state index is 12.0. The van der Waals surface area contributed by atoms with Crippen molar-refractivity contribution in [1.29, 1.82) is 0 Å². The molecule has 0 radical (unpaired) electrons. The quantitative estimate of drug-likeness (QED) is 0.694.